The average molecular weight is 526 g/mol. The van der Waals surface area contributed by atoms with Gasteiger partial charge in [-0.1, -0.05) is 93.6 Å². The summed E-state index contributed by atoms with van der Waals surface area (Å²) in [4.78, 5) is 11.6. The molecule has 0 heterocycles. The molecular weight excluding hydrogens is 490 g/mol. The molecule has 7 heteroatoms. The molecule has 0 saturated heterocycles. The van der Waals surface area contributed by atoms with Crippen LogP contribution in [-0.4, -0.2) is 21.3 Å². The SMILES string of the molecule is COc1cc(C(N)=O)cc(N)c1NCc1ccc(O[Si](c2ccccc2)(c2ccccc2)C(C)(C)C)cc1. The average Bonchev–Trinajstić information content (AvgIpc) is 2.91. The molecular formula is C31H35N3O3Si. The van der Waals surface area contributed by atoms with E-state index >= 15 is 0 Å². The van der Waals surface area contributed by atoms with Gasteiger partial charge in [-0.2, -0.15) is 0 Å². The summed E-state index contributed by atoms with van der Waals surface area (Å²) in [5.41, 5.74) is 13.9. The Balaban J connectivity index is 1.62. The minimum Gasteiger partial charge on any atom is -0.534 e. The van der Waals surface area contributed by atoms with E-state index in [4.69, 9.17) is 20.6 Å². The summed E-state index contributed by atoms with van der Waals surface area (Å²) in [7, 11) is -1.17. The molecule has 4 aromatic carbocycles. The number of carbonyl (C=O) groups is 1. The van der Waals surface area contributed by atoms with E-state index in [1.165, 1.54) is 17.5 Å². The molecule has 0 bridgehead atoms. The van der Waals surface area contributed by atoms with E-state index in [1.54, 1.807) is 12.1 Å². The normalized spacial score (nSPS) is 11.6. The van der Waals surface area contributed by atoms with Gasteiger partial charge >= 0.3 is 8.32 Å². The highest BCUT2D eigenvalue weighted by Gasteiger charge is 2.52. The number of benzene rings is 4. The molecule has 0 fully saturated rings. The number of ether oxygens (including phenoxy) is 1. The molecule has 0 spiro atoms. The Kier molecular flexibility index (Phi) is 7.78. The van der Waals surface area contributed by atoms with Gasteiger partial charge in [-0.15, -0.1) is 0 Å². The van der Waals surface area contributed by atoms with Crippen LogP contribution >= 0.6 is 0 Å². The van der Waals surface area contributed by atoms with Gasteiger partial charge in [0.1, 0.15) is 17.2 Å². The molecule has 0 atom stereocenters. The Hall–Kier alpha value is -4.23. The van der Waals surface area contributed by atoms with Crippen LogP contribution in [0.1, 0.15) is 36.7 Å². The van der Waals surface area contributed by atoms with Crippen molar-refractivity contribution < 1.29 is 14.0 Å². The zero-order chi connectivity index (χ0) is 27.3. The van der Waals surface area contributed by atoms with Gasteiger partial charge in [0, 0.05) is 12.1 Å². The Labute approximate surface area is 225 Å². The molecule has 5 N–H and O–H groups in total. The second-order valence-corrected chi connectivity index (χ2v) is 14.5. The lowest BCUT2D eigenvalue weighted by atomic mass is 10.1. The predicted molar refractivity (Wildman–Crippen MR) is 158 cm³/mol. The number of anilines is 2. The van der Waals surface area contributed by atoms with Crippen LogP contribution in [-0.2, 0) is 6.54 Å². The fourth-order valence-corrected chi connectivity index (χ4v) is 9.24. The van der Waals surface area contributed by atoms with E-state index in [9.17, 15) is 4.79 Å². The van der Waals surface area contributed by atoms with Gasteiger partial charge in [0.05, 0.1) is 12.8 Å². The second kappa shape index (κ2) is 11.0. The van der Waals surface area contributed by atoms with Crippen molar-refractivity contribution in [2.24, 2.45) is 5.73 Å². The topological polar surface area (TPSA) is 99.6 Å². The van der Waals surface area contributed by atoms with E-state index in [0.29, 0.717) is 29.2 Å². The summed E-state index contributed by atoms with van der Waals surface area (Å²) in [5, 5.41) is 5.66. The van der Waals surface area contributed by atoms with Crippen molar-refractivity contribution in [3.8, 4) is 11.5 Å². The highest BCUT2D eigenvalue weighted by Crippen LogP contribution is 2.38. The highest BCUT2D eigenvalue weighted by atomic mass is 28.4. The molecule has 0 radical (unpaired) electrons. The monoisotopic (exact) mass is 525 g/mol. The Bertz CT molecular complexity index is 1350. The number of primary amides is 1. The van der Waals surface area contributed by atoms with E-state index < -0.39 is 14.2 Å². The second-order valence-electron chi connectivity index (χ2n) is 10.3. The number of nitrogens with one attached hydrogen (secondary N) is 1. The zero-order valence-corrected chi connectivity index (χ0v) is 23.3. The lowest BCUT2D eigenvalue weighted by Crippen LogP contribution is -2.68. The fraction of sp³-hybridized carbons (Fsp3) is 0.194. The lowest BCUT2D eigenvalue weighted by molar-refractivity contribution is 0.1000. The third-order valence-electron chi connectivity index (χ3n) is 6.72. The summed E-state index contributed by atoms with van der Waals surface area (Å²) in [5.74, 6) is 0.731. The lowest BCUT2D eigenvalue weighted by Gasteiger charge is -2.43. The predicted octanol–water partition coefficient (Wildman–Crippen LogP) is 4.93. The molecule has 38 heavy (non-hydrogen) atoms. The number of amides is 1. The molecule has 0 saturated carbocycles. The number of nitrogen functional groups attached to an aromatic ring is 1. The van der Waals surface area contributed by atoms with Crippen LogP contribution in [0.15, 0.2) is 97.1 Å². The Morgan fingerprint density at radius 2 is 1.42 bits per heavy atom. The van der Waals surface area contributed by atoms with E-state index in [0.717, 1.165) is 11.3 Å². The molecule has 1 amide bonds. The van der Waals surface area contributed by atoms with Crippen LogP contribution in [0.5, 0.6) is 11.5 Å². The van der Waals surface area contributed by atoms with Crippen LogP contribution in [0.25, 0.3) is 0 Å². The summed E-state index contributed by atoms with van der Waals surface area (Å²) < 4.78 is 12.5. The van der Waals surface area contributed by atoms with E-state index in [1.807, 2.05) is 36.4 Å². The summed E-state index contributed by atoms with van der Waals surface area (Å²) >= 11 is 0. The van der Waals surface area contributed by atoms with Gasteiger partial charge in [-0.25, -0.2) is 0 Å². The number of hydrogen-bond acceptors (Lipinski definition) is 5. The van der Waals surface area contributed by atoms with Crippen molar-refractivity contribution in [2.75, 3.05) is 18.2 Å². The molecule has 0 aliphatic heterocycles. The van der Waals surface area contributed by atoms with Crippen LogP contribution in [0.2, 0.25) is 5.04 Å². The van der Waals surface area contributed by atoms with Gasteiger partial charge < -0.3 is 25.9 Å². The number of nitrogens with two attached hydrogens (primary N) is 2. The van der Waals surface area contributed by atoms with Crippen LogP contribution < -0.4 is 36.3 Å². The molecule has 0 aromatic heterocycles. The molecule has 0 aliphatic rings. The zero-order valence-electron chi connectivity index (χ0n) is 22.3. The van der Waals surface area contributed by atoms with Crippen molar-refractivity contribution in [1.29, 1.82) is 0 Å². The van der Waals surface area contributed by atoms with Gasteiger partial charge in [-0.05, 0) is 45.2 Å². The van der Waals surface area contributed by atoms with E-state index in [-0.39, 0.29) is 5.04 Å². The van der Waals surface area contributed by atoms with Crippen LogP contribution in [0, 0.1) is 0 Å². The van der Waals surface area contributed by atoms with Gasteiger partial charge in [0.15, 0.2) is 0 Å². The van der Waals surface area contributed by atoms with Crippen LogP contribution in [0.3, 0.4) is 0 Å². The Morgan fingerprint density at radius 1 is 0.868 bits per heavy atom. The minimum absolute atomic E-state index is 0.124. The fourth-order valence-electron chi connectivity index (χ4n) is 4.82. The van der Waals surface area contributed by atoms with Crippen molar-refractivity contribution in [3.63, 3.8) is 0 Å². The smallest absolute Gasteiger partial charge is 0.319 e. The summed E-state index contributed by atoms with van der Waals surface area (Å²) in [6.45, 7) is 7.30. The first-order valence-corrected chi connectivity index (χ1v) is 14.5. The maximum absolute atomic E-state index is 11.6. The maximum Gasteiger partial charge on any atom is 0.319 e. The maximum atomic E-state index is 11.6. The molecule has 196 valence electrons. The quantitative estimate of drug-likeness (QED) is 0.213. The minimum atomic E-state index is -2.70. The van der Waals surface area contributed by atoms with Crippen LogP contribution in [0.4, 0.5) is 11.4 Å². The van der Waals surface area contributed by atoms with Gasteiger partial charge in [0.2, 0.25) is 5.91 Å². The third-order valence-corrected chi connectivity index (χ3v) is 11.7. The third kappa shape index (κ3) is 5.38. The highest BCUT2D eigenvalue weighted by molar-refractivity contribution is 7.00. The number of carbonyl (C=O) groups excluding carboxylic acids is 1. The van der Waals surface area contributed by atoms with Gasteiger partial charge in [0.25, 0.3) is 0 Å². The summed E-state index contributed by atoms with van der Waals surface area (Å²) in [6, 6.07) is 32.4. The largest absolute Gasteiger partial charge is 0.534 e. The number of methoxy groups -OCH3 is 1. The molecule has 0 unspecified atom stereocenters. The molecule has 0 aliphatic carbocycles. The van der Waals surface area contributed by atoms with Gasteiger partial charge in [-0.3, -0.25) is 4.79 Å². The van der Waals surface area contributed by atoms with Crippen molar-refractivity contribution in [2.45, 2.75) is 32.4 Å². The standard InChI is InChI=1S/C31H35N3O3Si/c1-31(2,3)38(25-11-7-5-8-12-25,26-13-9-6-10-14-26)37-24-17-15-22(16-18-24)21-34-29-27(32)19-23(30(33)35)20-28(29)36-4/h5-20,34H,21,32H2,1-4H3,(H2,33,35). The number of rotatable bonds is 9. The van der Waals surface area contributed by atoms with Crippen molar-refractivity contribution in [1.82, 2.24) is 0 Å². The molecule has 4 aromatic rings. The first kappa shape index (κ1) is 26.8. The van der Waals surface area contributed by atoms with E-state index in [2.05, 4.69) is 74.6 Å². The summed E-state index contributed by atoms with van der Waals surface area (Å²) in [6.07, 6.45) is 0. The first-order valence-electron chi connectivity index (χ1n) is 12.6. The first-order chi connectivity index (χ1) is 18.2. The van der Waals surface area contributed by atoms with Crippen molar-refractivity contribution >= 4 is 36.0 Å². The van der Waals surface area contributed by atoms with Crippen molar-refractivity contribution in [3.05, 3.63) is 108 Å². The molecule has 6 nitrogen and oxygen atoms in total. The molecule has 4 rings (SSSR count). The Morgan fingerprint density at radius 3 is 1.89 bits per heavy atom. The number of hydrogen-bond donors (Lipinski definition) is 3.